The van der Waals surface area contributed by atoms with Gasteiger partial charge in [-0.05, 0) is 133 Å². The molecule has 0 aliphatic heterocycles. The van der Waals surface area contributed by atoms with Gasteiger partial charge in [0.15, 0.2) is 0 Å². The van der Waals surface area contributed by atoms with Gasteiger partial charge in [0, 0.05) is 17.3 Å². The molecule has 1 aliphatic rings. The quantitative estimate of drug-likeness (QED) is 0.114. The summed E-state index contributed by atoms with van der Waals surface area (Å²) < 4.78 is 0. The number of allylic oxidation sites excluding steroid dienone is 7. The SMILES string of the molecule is C=C(/C=C\C=C/C)C1(c2ccccc2Nc2ccccc2)c2ccccc2-c2ccc(-c3cccc(-c4ccccc4C(/C=C(\C)c4ccccc4)c4ccc(-c5ccccc5)cc4)c3)cc21. The van der Waals surface area contributed by atoms with E-state index < -0.39 is 5.41 Å². The van der Waals surface area contributed by atoms with E-state index in [1.807, 2.05) is 6.92 Å². The molecule has 0 bridgehead atoms. The monoisotopic (exact) mass is 859 g/mol. The molecule has 1 heteroatoms. The van der Waals surface area contributed by atoms with Crippen LogP contribution in [0, 0.1) is 0 Å². The third-order valence-corrected chi connectivity index (χ3v) is 13.3. The van der Waals surface area contributed by atoms with Crippen LogP contribution in [-0.2, 0) is 5.41 Å². The van der Waals surface area contributed by atoms with Crippen molar-refractivity contribution >= 4 is 16.9 Å². The average Bonchev–Trinajstić information content (AvgIpc) is 3.69. The normalized spacial score (nSPS) is 14.7. The predicted octanol–water partition coefficient (Wildman–Crippen LogP) is 17.7. The van der Waals surface area contributed by atoms with Gasteiger partial charge in [0.2, 0.25) is 0 Å². The van der Waals surface area contributed by atoms with Crippen LogP contribution >= 0.6 is 0 Å². The molecule has 0 saturated heterocycles. The fourth-order valence-electron chi connectivity index (χ4n) is 10.1. The Labute approximate surface area is 396 Å². The van der Waals surface area contributed by atoms with Crippen molar-refractivity contribution in [3.05, 3.63) is 306 Å². The Morgan fingerprint density at radius 3 is 1.81 bits per heavy atom. The lowest BCUT2D eigenvalue weighted by atomic mass is 9.66. The molecule has 0 radical (unpaired) electrons. The Bertz CT molecular complexity index is 3280. The Hall–Kier alpha value is -8.26. The van der Waals surface area contributed by atoms with Crippen LogP contribution in [0.4, 0.5) is 11.4 Å². The number of para-hydroxylation sites is 2. The first kappa shape index (κ1) is 42.7. The van der Waals surface area contributed by atoms with E-state index >= 15 is 0 Å². The van der Waals surface area contributed by atoms with Gasteiger partial charge in [-0.1, -0.05) is 237 Å². The van der Waals surface area contributed by atoms with Crippen molar-refractivity contribution in [1.29, 1.82) is 0 Å². The van der Waals surface area contributed by atoms with Crippen molar-refractivity contribution in [2.45, 2.75) is 25.2 Å². The van der Waals surface area contributed by atoms with Gasteiger partial charge in [-0.2, -0.15) is 0 Å². The molecule has 67 heavy (non-hydrogen) atoms. The summed E-state index contributed by atoms with van der Waals surface area (Å²) in [6, 6.07) is 83.6. The first-order chi connectivity index (χ1) is 33.0. The van der Waals surface area contributed by atoms with Gasteiger partial charge in [-0.3, -0.25) is 0 Å². The van der Waals surface area contributed by atoms with E-state index in [2.05, 4.69) is 273 Å². The van der Waals surface area contributed by atoms with Gasteiger partial charge in [-0.25, -0.2) is 0 Å². The van der Waals surface area contributed by atoms with E-state index in [1.165, 1.54) is 66.8 Å². The van der Waals surface area contributed by atoms with Crippen LogP contribution < -0.4 is 5.32 Å². The van der Waals surface area contributed by atoms with Crippen LogP contribution in [0.2, 0.25) is 0 Å². The maximum Gasteiger partial charge on any atom is 0.0728 e. The summed E-state index contributed by atoms with van der Waals surface area (Å²) in [4.78, 5) is 0. The lowest BCUT2D eigenvalue weighted by Crippen LogP contribution is -2.29. The molecule has 9 aromatic rings. The number of anilines is 2. The molecule has 2 unspecified atom stereocenters. The molecule has 322 valence electrons. The summed E-state index contributed by atoms with van der Waals surface area (Å²) >= 11 is 0. The zero-order valence-electron chi connectivity index (χ0n) is 38.1. The first-order valence-electron chi connectivity index (χ1n) is 23.3. The second-order valence-electron chi connectivity index (χ2n) is 17.4. The minimum atomic E-state index is -0.686. The molecule has 0 amide bonds. The Morgan fingerprint density at radius 1 is 0.478 bits per heavy atom. The maximum absolute atomic E-state index is 4.92. The van der Waals surface area contributed by atoms with Crippen molar-refractivity contribution in [2.24, 2.45) is 0 Å². The number of rotatable bonds is 13. The van der Waals surface area contributed by atoms with Gasteiger partial charge in [0.1, 0.15) is 0 Å². The summed E-state index contributed by atoms with van der Waals surface area (Å²) in [5.74, 6) is 0.00943. The second-order valence-corrected chi connectivity index (χ2v) is 17.4. The van der Waals surface area contributed by atoms with Crippen LogP contribution in [0.15, 0.2) is 273 Å². The highest BCUT2D eigenvalue weighted by molar-refractivity contribution is 5.91. The number of hydrogen-bond acceptors (Lipinski definition) is 1. The highest BCUT2D eigenvalue weighted by Gasteiger charge is 2.47. The lowest BCUT2D eigenvalue weighted by Gasteiger charge is -2.36. The molecule has 2 atom stereocenters. The molecule has 10 rings (SSSR count). The summed E-state index contributed by atoms with van der Waals surface area (Å²) in [6.45, 7) is 9.20. The van der Waals surface area contributed by atoms with Crippen LogP contribution in [0.5, 0.6) is 0 Å². The molecule has 0 aromatic heterocycles. The van der Waals surface area contributed by atoms with Gasteiger partial charge in [0.05, 0.1) is 5.41 Å². The van der Waals surface area contributed by atoms with Gasteiger partial charge in [-0.15, -0.1) is 0 Å². The second kappa shape index (κ2) is 19.1. The average molecular weight is 860 g/mol. The first-order valence-corrected chi connectivity index (χ1v) is 23.3. The Kier molecular flexibility index (Phi) is 12.1. The lowest BCUT2D eigenvalue weighted by molar-refractivity contribution is 0.773. The third-order valence-electron chi connectivity index (χ3n) is 13.3. The molecule has 1 aliphatic carbocycles. The number of benzene rings is 9. The topological polar surface area (TPSA) is 12.0 Å². The van der Waals surface area contributed by atoms with E-state index in [0.29, 0.717) is 0 Å². The van der Waals surface area contributed by atoms with Crippen molar-refractivity contribution in [1.82, 2.24) is 0 Å². The molecule has 0 fully saturated rings. The molecule has 1 nitrogen and oxygen atoms in total. The third kappa shape index (κ3) is 8.33. The van der Waals surface area contributed by atoms with E-state index in [0.717, 1.165) is 33.6 Å². The Morgan fingerprint density at radius 2 is 1.04 bits per heavy atom. The minimum Gasteiger partial charge on any atom is -0.355 e. The zero-order chi connectivity index (χ0) is 45.6. The standard InChI is InChI=1S/C66H53N/c1-4-5-9-23-48(3)66(63-36-20-21-37-65(63)67-56-30-14-8-15-31-56)62-35-19-18-34-59(62)60-43-42-54(46-64(60)66)53-28-22-29-55(45-53)57-32-16-17-33-58(57)61(44-47(2)49-24-10-6-11-25-49)52-40-38-51(39-41-52)50-26-12-7-13-27-50/h4-46,61,67H,3H2,1-2H3/b5-4-,23-9-,47-44+. The van der Waals surface area contributed by atoms with Crippen LogP contribution in [0.1, 0.15) is 53.1 Å². The fourth-order valence-corrected chi connectivity index (χ4v) is 10.1. The molecular formula is C66H53N. The molecule has 0 heterocycles. The van der Waals surface area contributed by atoms with Gasteiger partial charge in [0.25, 0.3) is 0 Å². The summed E-state index contributed by atoms with van der Waals surface area (Å²) in [7, 11) is 0. The highest BCUT2D eigenvalue weighted by atomic mass is 14.9. The summed E-state index contributed by atoms with van der Waals surface area (Å²) in [6.07, 6.45) is 10.9. The largest absolute Gasteiger partial charge is 0.355 e. The van der Waals surface area contributed by atoms with Crippen LogP contribution in [0.25, 0.3) is 50.1 Å². The summed E-state index contributed by atoms with van der Waals surface area (Å²) in [5.41, 5.74) is 20.5. The summed E-state index contributed by atoms with van der Waals surface area (Å²) in [5, 5.41) is 3.80. The Balaban J connectivity index is 1.11. The van der Waals surface area contributed by atoms with E-state index in [1.54, 1.807) is 0 Å². The van der Waals surface area contributed by atoms with Crippen LogP contribution in [0.3, 0.4) is 0 Å². The predicted molar refractivity (Wildman–Crippen MR) is 286 cm³/mol. The van der Waals surface area contributed by atoms with E-state index in [9.17, 15) is 0 Å². The minimum absolute atomic E-state index is 0.00943. The smallest absolute Gasteiger partial charge is 0.0728 e. The molecule has 1 N–H and O–H groups in total. The van der Waals surface area contributed by atoms with Crippen molar-refractivity contribution in [3.8, 4) is 44.5 Å². The fraction of sp³-hybridized carbons (Fsp3) is 0.0606. The van der Waals surface area contributed by atoms with E-state index in [-0.39, 0.29) is 5.92 Å². The zero-order valence-corrected chi connectivity index (χ0v) is 38.1. The van der Waals surface area contributed by atoms with Gasteiger partial charge >= 0.3 is 0 Å². The molecular weight excluding hydrogens is 807 g/mol. The number of nitrogens with one attached hydrogen (secondary N) is 1. The highest BCUT2D eigenvalue weighted by Crippen LogP contribution is 2.58. The molecule has 9 aromatic carbocycles. The van der Waals surface area contributed by atoms with Crippen molar-refractivity contribution in [2.75, 3.05) is 5.32 Å². The van der Waals surface area contributed by atoms with Gasteiger partial charge < -0.3 is 5.32 Å². The van der Waals surface area contributed by atoms with Crippen LogP contribution in [-0.4, -0.2) is 0 Å². The van der Waals surface area contributed by atoms with Crippen molar-refractivity contribution in [3.63, 3.8) is 0 Å². The molecule has 0 saturated carbocycles. The molecule has 0 spiro atoms. The number of fused-ring (bicyclic) bond motifs is 3. The maximum atomic E-state index is 4.92. The number of hydrogen-bond donors (Lipinski definition) is 1. The van der Waals surface area contributed by atoms with E-state index in [4.69, 9.17) is 6.58 Å². The van der Waals surface area contributed by atoms with Crippen molar-refractivity contribution < 1.29 is 0 Å².